The van der Waals surface area contributed by atoms with E-state index in [1.165, 1.54) is 12.4 Å². The Morgan fingerprint density at radius 3 is 2.19 bits per heavy atom. The number of rotatable bonds is 5. The first kappa shape index (κ1) is 17.9. The van der Waals surface area contributed by atoms with E-state index in [2.05, 4.69) is 20.6 Å². The molecule has 0 aliphatic heterocycles. The summed E-state index contributed by atoms with van der Waals surface area (Å²) in [5.74, 6) is 0.177. The summed E-state index contributed by atoms with van der Waals surface area (Å²) < 4.78 is 0. The number of carbonyl (C=O) groups is 1. The lowest BCUT2D eigenvalue weighted by molar-refractivity contribution is 0.102. The number of amides is 1. The van der Waals surface area contributed by atoms with Crippen molar-refractivity contribution in [1.82, 2.24) is 9.97 Å². The lowest BCUT2D eigenvalue weighted by Crippen LogP contribution is -2.14. The van der Waals surface area contributed by atoms with Crippen LogP contribution < -0.4 is 15.5 Å². The molecule has 7 nitrogen and oxygen atoms in total. The first-order valence-corrected chi connectivity index (χ1v) is 8.23. The highest BCUT2D eigenvalue weighted by Crippen LogP contribution is 2.18. The van der Waals surface area contributed by atoms with Crippen LogP contribution in [0.4, 0.5) is 22.9 Å². The van der Waals surface area contributed by atoms with E-state index in [0.29, 0.717) is 17.1 Å². The minimum absolute atomic E-state index is 0.202. The molecule has 0 saturated carbocycles. The maximum absolute atomic E-state index is 12.2. The molecule has 3 rings (SSSR count). The van der Waals surface area contributed by atoms with Crippen LogP contribution in [0.1, 0.15) is 16.1 Å². The Kier molecular flexibility index (Phi) is 5.28. The predicted molar refractivity (Wildman–Crippen MR) is 105 cm³/mol. The van der Waals surface area contributed by atoms with Crippen molar-refractivity contribution in [2.75, 3.05) is 29.6 Å². The lowest BCUT2D eigenvalue weighted by atomic mass is 10.2. The molecule has 1 amide bonds. The molecule has 134 valence electrons. The number of hydrogen-bond donors (Lipinski definition) is 2. The zero-order valence-corrected chi connectivity index (χ0v) is 15.0. The van der Waals surface area contributed by atoms with Crippen molar-refractivity contribution in [3.63, 3.8) is 0 Å². The summed E-state index contributed by atoms with van der Waals surface area (Å²) in [5, 5.41) is 14.7. The highest BCUT2D eigenvalue weighted by Gasteiger charge is 2.09. The maximum atomic E-state index is 12.2. The third-order valence-corrected chi connectivity index (χ3v) is 3.81. The van der Waals surface area contributed by atoms with E-state index in [1.54, 1.807) is 24.3 Å². The van der Waals surface area contributed by atoms with Gasteiger partial charge in [-0.1, -0.05) is 0 Å². The van der Waals surface area contributed by atoms with Crippen molar-refractivity contribution in [2.24, 2.45) is 0 Å². The molecule has 0 atom stereocenters. The number of carbonyl (C=O) groups excluding carboxylic acids is 1. The fourth-order valence-electron chi connectivity index (χ4n) is 2.32. The highest BCUT2D eigenvalue weighted by atomic mass is 16.1. The zero-order valence-electron chi connectivity index (χ0n) is 15.0. The quantitative estimate of drug-likeness (QED) is 0.726. The molecule has 0 saturated heterocycles. The summed E-state index contributed by atoms with van der Waals surface area (Å²) in [7, 11) is 3.96. The molecule has 0 spiro atoms. The SMILES string of the molecule is CN(C)c1ccc(Nc2cnc(C(=O)Nc3ccc(C#N)cc3)cn2)cc1. The van der Waals surface area contributed by atoms with Crippen LogP contribution >= 0.6 is 0 Å². The van der Waals surface area contributed by atoms with Crippen LogP contribution in [0, 0.1) is 11.3 Å². The Labute approximate surface area is 157 Å². The Morgan fingerprint density at radius 1 is 0.963 bits per heavy atom. The van der Waals surface area contributed by atoms with Crippen LogP contribution in [0.2, 0.25) is 0 Å². The van der Waals surface area contributed by atoms with E-state index in [1.807, 2.05) is 49.3 Å². The molecular formula is C20H18N6O. The maximum Gasteiger partial charge on any atom is 0.275 e. The average molecular weight is 358 g/mol. The van der Waals surface area contributed by atoms with E-state index in [0.717, 1.165) is 11.4 Å². The summed E-state index contributed by atoms with van der Waals surface area (Å²) in [4.78, 5) is 22.6. The first-order chi connectivity index (χ1) is 13.0. The van der Waals surface area contributed by atoms with E-state index >= 15 is 0 Å². The molecule has 2 N–H and O–H groups in total. The molecule has 1 heterocycles. The Hall–Kier alpha value is -3.92. The van der Waals surface area contributed by atoms with Crippen LogP contribution in [0.5, 0.6) is 0 Å². The third kappa shape index (κ3) is 4.58. The number of nitrogens with one attached hydrogen (secondary N) is 2. The molecule has 0 radical (unpaired) electrons. The minimum Gasteiger partial charge on any atom is -0.378 e. The molecule has 3 aromatic rings. The van der Waals surface area contributed by atoms with Crippen molar-refractivity contribution < 1.29 is 4.79 Å². The van der Waals surface area contributed by atoms with E-state index in [-0.39, 0.29) is 11.6 Å². The number of aromatic nitrogens is 2. The van der Waals surface area contributed by atoms with Gasteiger partial charge in [0.2, 0.25) is 0 Å². The van der Waals surface area contributed by atoms with E-state index in [9.17, 15) is 4.79 Å². The topological polar surface area (TPSA) is 93.9 Å². The predicted octanol–water partition coefficient (Wildman–Crippen LogP) is 3.41. The molecular weight excluding hydrogens is 340 g/mol. The third-order valence-electron chi connectivity index (χ3n) is 3.81. The molecule has 0 aliphatic rings. The van der Waals surface area contributed by atoms with Crippen molar-refractivity contribution >= 4 is 28.8 Å². The van der Waals surface area contributed by atoms with Gasteiger partial charge in [0.05, 0.1) is 24.0 Å². The normalized spacial score (nSPS) is 9.96. The zero-order chi connectivity index (χ0) is 19.2. The molecule has 0 fully saturated rings. The van der Waals surface area contributed by atoms with Crippen LogP contribution in [-0.2, 0) is 0 Å². The summed E-state index contributed by atoms with van der Waals surface area (Å²) >= 11 is 0. The molecule has 0 unspecified atom stereocenters. The molecule has 0 bridgehead atoms. The fourth-order valence-corrected chi connectivity index (χ4v) is 2.32. The van der Waals surface area contributed by atoms with Crippen LogP contribution in [0.15, 0.2) is 60.9 Å². The van der Waals surface area contributed by atoms with Crippen molar-refractivity contribution in [2.45, 2.75) is 0 Å². The second-order valence-corrected chi connectivity index (χ2v) is 6.00. The monoisotopic (exact) mass is 358 g/mol. The minimum atomic E-state index is -0.367. The second-order valence-electron chi connectivity index (χ2n) is 6.00. The number of anilines is 4. The number of nitriles is 1. The van der Waals surface area contributed by atoms with E-state index < -0.39 is 0 Å². The summed E-state index contributed by atoms with van der Waals surface area (Å²) in [6, 6.07) is 16.5. The smallest absolute Gasteiger partial charge is 0.275 e. The van der Waals surface area contributed by atoms with Gasteiger partial charge in [-0.15, -0.1) is 0 Å². The second kappa shape index (κ2) is 7.97. The van der Waals surface area contributed by atoms with E-state index in [4.69, 9.17) is 5.26 Å². The standard InChI is InChI=1S/C20H18N6O/c1-26(2)17-9-7-15(8-10-17)24-19-13-22-18(12-23-19)20(27)25-16-5-3-14(11-21)4-6-16/h3-10,12-13H,1-2H3,(H,23,24)(H,25,27). The lowest BCUT2D eigenvalue weighted by Gasteiger charge is -2.13. The molecule has 0 aliphatic carbocycles. The number of benzene rings is 2. The van der Waals surface area contributed by atoms with Crippen molar-refractivity contribution in [3.8, 4) is 6.07 Å². The van der Waals surface area contributed by atoms with Gasteiger partial charge in [0.25, 0.3) is 5.91 Å². The first-order valence-electron chi connectivity index (χ1n) is 8.23. The van der Waals surface area contributed by atoms with Crippen molar-refractivity contribution in [3.05, 3.63) is 72.2 Å². The average Bonchev–Trinajstić information content (AvgIpc) is 2.69. The van der Waals surface area contributed by atoms with Gasteiger partial charge in [-0.2, -0.15) is 5.26 Å². The van der Waals surface area contributed by atoms with Gasteiger partial charge in [0.1, 0.15) is 11.5 Å². The fraction of sp³-hybridized carbons (Fsp3) is 0.100. The van der Waals surface area contributed by atoms with Crippen LogP contribution in [-0.4, -0.2) is 30.0 Å². The van der Waals surface area contributed by atoms with Gasteiger partial charge in [-0.25, -0.2) is 9.97 Å². The largest absolute Gasteiger partial charge is 0.378 e. The van der Waals surface area contributed by atoms with Gasteiger partial charge in [-0.3, -0.25) is 4.79 Å². The summed E-state index contributed by atoms with van der Waals surface area (Å²) in [6.07, 6.45) is 2.92. The summed E-state index contributed by atoms with van der Waals surface area (Å²) in [6.45, 7) is 0. The summed E-state index contributed by atoms with van der Waals surface area (Å²) in [5.41, 5.74) is 3.30. The number of hydrogen-bond acceptors (Lipinski definition) is 6. The Bertz CT molecular complexity index is 957. The van der Waals surface area contributed by atoms with Gasteiger partial charge >= 0.3 is 0 Å². The Balaban J connectivity index is 1.63. The molecule has 27 heavy (non-hydrogen) atoms. The highest BCUT2D eigenvalue weighted by molar-refractivity contribution is 6.02. The van der Waals surface area contributed by atoms with Crippen LogP contribution in [0.3, 0.4) is 0 Å². The molecule has 1 aromatic heterocycles. The Morgan fingerprint density at radius 2 is 1.63 bits per heavy atom. The number of nitrogens with zero attached hydrogens (tertiary/aromatic N) is 4. The van der Waals surface area contributed by atoms with Crippen molar-refractivity contribution in [1.29, 1.82) is 5.26 Å². The van der Waals surface area contributed by atoms with Gasteiger partial charge in [-0.05, 0) is 48.5 Å². The van der Waals surface area contributed by atoms with Gasteiger partial charge in [0, 0.05) is 31.2 Å². The molecule has 7 heteroatoms. The molecule has 2 aromatic carbocycles. The van der Waals surface area contributed by atoms with Gasteiger partial charge in [0.15, 0.2) is 0 Å². The van der Waals surface area contributed by atoms with Gasteiger partial charge < -0.3 is 15.5 Å². The van der Waals surface area contributed by atoms with Crippen LogP contribution in [0.25, 0.3) is 0 Å².